The number of carbonyl (C=O) groups excluding carboxylic acids is 1. The first kappa shape index (κ1) is 17.6. The van der Waals surface area contributed by atoms with Crippen LogP contribution in [0.5, 0.6) is 5.75 Å². The van der Waals surface area contributed by atoms with Crippen LogP contribution in [0.2, 0.25) is 0 Å². The zero-order chi connectivity index (χ0) is 19.5. The van der Waals surface area contributed by atoms with Crippen molar-refractivity contribution >= 4 is 17.4 Å². The molecule has 28 heavy (non-hydrogen) atoms. The number of anilines is 1. The normalized spacial score (nSPS) is 13.9. The molecule has 4 rings (SSSR count). The quantitative estimate of drug-likeness (QED) is 0.606. The number of amides is 1. The van der Waals surface area contributed by atoms with Gasteiger partial charge in [-0.25, -0.2) is 14.2 Å². The fraction of sp³-hybridized carbons (Fsp3) is 0.211. The molecule has 0 saturated carbocycles. The smallest absolute Gasteiger partial charge is 0.259 e. The van der Waals surface area contributed by atoms with Gasteiger partial charge in [-0.2, -0.15) is 0 Å². The molecular weight excluding hydrogens is 363 g/mol. The first-order valence-electron chi connectivity index (χ1n) is 8.66. The lowest BCUT2D eigenvalue weighted by atomic mass is 10.1. The zero-order valence-electron chi connectivity index (χ0n) is 14.7. The number of hydrogen-bond acceptors (Lipinski definition) is 5. The Morgan fingerprint density at radius 1 is 1.29 bits per heavy atom. The summed E-state index contributed by atoms with van der Waals surface area (Å²) >= 11 is 0. The van der Waals surface area contributed by atoms with Crippen LogP contribution < -0.4 is 10.1 Å². The van der Waals surface area contributed by atoms with E-state index in [1.165, 1.54) is 6.07 Å². The fourth-order valence-corrected chi connectivity index (χ4v) is 2.92. The van der Waals surface area contributed by atoms with Crippen LogP contribution in [0.4, 0.5) is 15.9 Å². The van der Waals surface area contributed by atoms with E-state index in [0.29, 0.717) is 36.9 Å². The van der Waals surface area contributed by atoms with E-state index < -0.39 is 11.7 Å². The highest BCUT2D eigenvalue weighted by molar-refractivity contribution is 6.06. The molecule has 0 aliphatic carbocycles. The summed E-state index contributed by atoms with van der Waals surface area (Å²) in [5, 5.41) is 10.7. The van der Waals surface area contributed by atoms with Gasteiger partial charge in [0.05, 0.1) is 18.7 Å². The number of hydrogen-bond donors (Lipinski definition) is 1. The van der Waals surface area contributed by atoms with Crippen LogP contribution in [0.15, 0.2) is 36.7 Å². The Hall–Kier alpha value is -3.80. The Labute approximate surface area is 159 Å². The summed E-state index contributed by atoms with van der Waals surface area (Å²) in [6.07, 6.45) is 3.08. The Morgan fingerprint density at radius 3 is 3.04 bits per heavy atom. The van der Waals surface area contributed by atoms with Crippen molar-refractivity contribution in [2.24, 2.45) is 0 Å². The fourth-order valence-electron chi connectivity index (χ4n) is 2.92. The topological polar surface area (TPSA) is 86.3 Å². The molecule has 2 bridgehead atoms. The van der Waals surface area contributed by atoms with E-state index >= 15 is 0 Å². The van der Waals surface area contributed by atoms with Gasteiger partial charge in [-0.15, -0.1) is 10.2 Å². The molecule has 3 heterocycles. The monoisotopic (exact) mass is 378 g/mol. The predicted molar refractivity (Wildman–Crippen MR) is 98.6 cm³/mol. The minimum absolute atomic E-state index is 0.0832. The number of nitrogens with zero attached hydrogens (tertiary/aromatic N) is 5. The molecule has 1 N–H and O–H groups in total. The van der Waals surface area contributed by atoms with E-state index in [0.717, 1.165) is 12.5 Å². The van der Waals surface area contributed by atoms with E-state index in [1.54, 1.807) is 24.5 Å². The molecule has 1 amide bonds. The molecule has 1 aliphatic rings. The van der Waals surface area contributed by atoms with Gasteiger partial charge in [0, 0.05) is 12.6 Å². The highest BCUT2D eigenvalue weighted by Crippen LogP contribution is 2.29. The maximum atomic E-state index is 14.0. The largest absolute Gasteiger partial charge is 0.493 e. The second kappa shape index (κ2) is 7.44. The summed E-state index contributed by atoms with van der Waals surface area (Å²) in [6.45, 7) is 8.05. The molecule has 0 radical (unpaired) electrons. The van der Waals surface area contributed by atoms with Crippen molar-refractivity contribution < 1.29 is 13.9 Å². The molecule has 0 unspecified atom stereocenters. The summed E-state index contributed by atoms with van der Waals surface area (Å²) in [5.41, 5.74) is 0.415. The van der Waals surface area contributed by atoms with Gasteiger partial charge in [-0.1, -0.05) is 6.07 Å². The van der Waals surface area contributed by atoms with Crippen LogP contribution in [-0.4, -0.2) is 32.3 Å². The maximum absolute atomic E-state index is 14.0. The average molecular weight is 378 g/mol. The third kappa shape index (κ3) is 3.40. The molecule has 140 valence electrons. The van der Waals surface area contributed by atoms with Crippen LogP contribution in [0.25, 0.3) is 16.4 Å². The Bertz CT molecular complexity index is 1090. The summed E-state index contributed by atoms with van der Waals surface area (Å²) in [7, 11) is 0. The predicted octanol–water partition coefficient (Wildman–Crippen LogP) is 3.45. The number of halogens is 1. The lowest BCUT2D eigenvalue weighted by molar-refractivity contribution is 0.102. The summed E-state index contributed by atoms with van der Waals surface area (Å²) in [5.74, 6) is -0.263. The Morgan fingerprint density at radius 2 is 2.18 bits per heavy atom. The van der Waals surface area contributed by atoms with E-state index in [1.807, 2.05) is 4.57 Å². The first-order chi connectivity index (χ1) is 13.7. The molecule has 1 aliphatic heterocycles. The third-order valence-electron chi connectivity index (χ3n) is 4.30. The Kier molecular flexibility index (Phi) is 4.68. The van der Waals surface area contributed by atoms with E-state index in [4.69, 9.17) is 11.3 Å². The summed E-state index contributed by atoms with van der Waals surface area (Å²) in [6, 6.07) is 7.43. The molecule has 0 spiro atoms. The molecule has 9 heteroatoms. The second-order valence-electron chi connectivity index (χ2n) is 6.18. The molecule has 0 saturated heterocycles. The highest BCUT2D eigenvalue weighted by atomic mass is 19.1. The second-order valence-corrected chi connectivity index (χ2v) is 6.18. The van der Waals surface area contributed by atoms with Crippen molar-refractivity contribution in [3.05, 3.63) is 59.5 Å². The molecule has 8 nitrogen and oxygen atoms in total. The van der Waals surface area contributed by atoms with Crippen LogP contribution in [0.1, 0.15) is 23.2 Å². The van der Waals surface area contributed by atoms with Crippen LogP contribution in [-0.2, 0) is 6.54 Å². The van der Waals surface area contributed by atoms with Gasteiger partial charge in [-0.3, -0.25) is 4.79 Å². The van der Waals surface area contributed by atoms with Crippen molar-refractivity contribution in [3.8, 4) is 17.3 Å². The van der Waals surface area contributed by atoms with Gasteiger partial charge >= 0.3 is 0 Å². The summed E-state index contributed by atoms with van der Waals surface area (Å²) < 4.78 is 21.6. The molecule has 2 aromatic heterocycles. The van der Waals surface area contributed by atoms with Gasteiger partial charge in [-0.05, 0) is 31.0 Å². The number of ether oxygens (including phenoxy) is 1. The van der Waals surface area contributed by atoms with Crippen LogP contribution in [0, 0.1) is 12.4 Å². The zero-order valence-corrected chi connectivity index (χ0v) is 14.7. The van der Waals surface area contributed by atoms with Gasteiger partial charge in [0.15, 0.2) is 5.82 Å². The number of carbonyl (C=O) groups is 1. The maximum Gasteiger partial charge on any atom is 0.259 e. The third-order valence-corrected chi connectivity index (χ3v) is 4.30. The van der Waals surface area contributed by atoms with Crippen molar-refractivity contribution in [1.82, 2.24) is 19.7 Å². The van der Waals surface area contributed by atoms with Crippen molar-refractivity contribution in [1.29, 1.82) is 0 Å². The van der Waals surface area contributed by atoms with Crippen molar-refractivity contribution in [2.75, 3.05) is 11.9 Å². The van der Waals surface area contributed by atoms with Gasteiger partial charge < -0.3 is 14.6 Å². The number of nitrogens with one attached hydrogen (secondary N) is 1. The number of fused-ring (bicyclic) bond motifs is 5. The lowest BCUT2D eigenvalue weighted by Crippen LogP contribution is -2.16. The van der Waals surface area contributed by atoms with Crippen LogP contribution >= 0.6 is 0 Å². The van der Waals surface area contributed by atoms with E-state index in [-0.39, 0.29) is 17.0 Å². The molecule has 3 aromatic rings. The first-order valence-corrected chi connectivity index (χ1v) is 8.66. The number of benzene rings is 1. The van der Waals surface area contributed by atoms with Crippen molar-refractivity contribution in [2.45, 2.75) is 19.4 Å². The SMILES string of the molecule is [C-]#[N+]c1cc2c(cc1F)OCCCCn1cnnc1-c1cccc(n1)NC2=O. The van der Waals surface area contributed by atoms with E-state index in [9.17, 15) is 9.18 Å². The lowest BCUT2D eigenvalue weighted by Gasteiger charge is -2.14. The number of aromatic nitrogens is 4. The molecule has 1 aromatic carbocycles. The van der Waals surface area contributed by atoms with E-state index in [2.05, 4.69) is 25.3 Å². The summed E-state index contributed by atoms with van der Waals surface area (Å²) in [4.78, 5) is 20.3. The van der Waals surface area contributed by atoms with Gasteiger partial charge in [0.25, 0.3) is 5.91 Å². The molecule has 0 fully saturated rings. The molecule has 0 atom stereocenters. The number of rotatable bonds is 0. The minimum Gasteiger partial charge on any atom is -0.493 e. The average Bonchev–Trinajstić information content (AvgIpc) is 3.16. The minimum atomic E-state index is -0.725. The van der Waals surface area contributed by atoms with Gasteiger partial charge in [0.2, 0.25) is 5.69 Å². The highest BCUT2D eigenvalue weighted by Gasteiger charge is 2.19. The number of aryl methyl sites for hydroxylation is 1. The van der Waals surface area contributed by atoms with Crippen LogP contribution in [0.3, 0.4) is 0 Å². The standard InChI is InChI=1S/C19H15FN6O2/c1-21-15-9-12-16(10-13(15)20)28-8-3-2-7-26-11-22-25-18(26)14-5-4-6-17(23-14)24-19(12)27/h4-6,9-11H,2-3,7-8H2,(H,23,24,27). The van der Waals surface area contributed by atoms with Crippen molar-refractivity contribution in [3.63, 3.8) is 0 Å². The number of pyridine rings is 1. The molecular formula is C19H15FN6O2. The Balaban J connectivity index is 1.77. The van der Waals surface area contributed by atoms with Gasteiger partial charge in [0.1, 0.15) is 29.4 Å².